The molecule has 1 rings (SSSR count). The normalized spacial score (nSPS) is 14.1. The highest BCUT2D eigenvalue weighted by molar-refractivity contribution is 7.09. The summed E-state index contributed by atoms with van der Waals surface area (Å²) in [5.41, 5.74) is 3.55. The summed E-state index contributed by atoms with van der Waals surface area (Å²) in [6, 6.07) is 0.437. The molecule has 16 heavy (non-hydrogen) atoms. The molecule has 0 aliphatic rings. The third kappa shape index (κ3) is 4.62. The maximum absolute atomic E-state index is 4.28. The van der Waals surface area contributed by atoms with Gasteiger partial charge in [-0.25, -0.2) is 4.98 Å². The average molecular weight is 240 g/mol. The van der Waals surface area contributed by atoms with Crippen LogP contribution in [0.1, 0.15) is 57.1 Å². The van der Waals surface area contributed by atoms with Crippen LogP contribution in [0.25, 0.3) is 0 Å². The molecule has 0 fully saturated rings. The molecule has 1 heterocycles. The highest BCUT2D eigenvalue weighted by atomic mass is 32.1. The number of hydrogen-bond acceptors (Lipinski definition) is 3. The zero-order chi connectivity index (χ0) is 12.2. The molecule has 1 aromatic heterocycles. The van der Waals surface area contributed by atoms with Crippen LogP contribution >= 0.6 is 11.3 Å². The smallest absolute Gasteiger partial charge is 0.0798 e. The van der Waals surface area contributed by atoms with Crippen molar-refractivity contribution in [2.45, 2.75) is 53.5 Å². The second-order valence-electron chi connectivity index (χ2n) is 5.64. The first-order chi connectivity index (χ1) is 7.40. The van der Waals surface area contributed by atoms with Gasteiger partial charge in [-0.05, 0) is 38.6 Å². The maximum atomic E-state index is 4.28. The number of nitrogens with zero attached hydrogens (tertiary/aromatic N) is 1. The van der Waals surface area contributed by atoms with Gasteiger partial charge in [0.15, 0.2) is 0 Å². The van der Waals surface area contributed by atoms with E-state index in [-0.39, 0.29) is 0 Å². The number of aromatic nitrogens is 1. The lowest BCUT2D eigenvalue weighted by Crippen LogP contribution is -2.21. The van der Waals surface area contributed by atoms with Crippen LogP contribution in [-0.4, -0.2) is 11.5 Å². The molecule has 1 atom stereocenters. The lowest BCUT2D eigenvalue weighted by atomic mass is 9.90. The summed E-state index contributed by atoms with van der Waals surface area (Å²) < 4.78 is 0. The number of nitrogens with one attached hydrogen (secondary N) is 1. The lowest BCUT2D eigenvalue weighted by Gasteiger charge is -2.19. The fourth-order valence-electron chi connectivity index (χ4n) is 1.76. The van der Waals surface area contributed by atoms with E-state index in [2.05, 4.69) is 44.9 Å². The van der Waals surface area contributed by atoms with Gasteiger partial charge in [-0.3, -0.25) is 0 Å². The second-order valence-corrected chi connectivity index (χ2v) is 6.53. The van der Waals surface area contributed by atoms with Gasteiger partial charge in [0, 0.05) is 10.9 Å². The molecule has 2 nitrogen and oxygen atoms in total. The van der Waals surface area contributed by atoms with Crippen molar-refractivity contribution in [1.29, 1.82) is 0 Å². The minimum absolute atomic E-state index is 0.437. The van der Waals surface area contributed by atoms with Crippen LogP contribution in [0.3, 0.4) is 0 Å². The van der Waals surface area contributed by atoms with Crippen molar-refractivity contribution in [1.82, 2.24) is 10.3 Å². The molecule has 1 N–H and O–H groups in total. The van der Waals surface area contributed by atoms with Crippen LogP contribution in [0.2, 0.25) is 0 Å². The first-order valence-electron chi connectivity index (χ1n) is 6.03. The summed E-state index contributed by atoms with van der Waals surface area (Å²) in [5.74, 6) is 0. The molecule has 0 aromatic carbocycles. The second kappa shape index (κ2) is 5.78. The monoisotopic (exact) mass is 240 g/mol. The molecule has 0 aliphatic heterocycles. The Morgan fingerprint density at radius 3 is 2.62 bits per heavy atom. The largest absolute Gasteiger partial charge is 0.309 e. The molecule has 0 saturated heterocycles. The van der Waals surface area contributed by atoms with E-state index < -0.39 is 0 Å². The summed E-state index contributed by atoms with van der Waals surface area (Å²) in [7, 11) is 0. The molecule has 0 amide bonds. The van der Waals surface area contributed by atoms with E-state index in [0.29, 0.717) is 11.5 Å². The van der Waals surface area contributed by atoms with Crippen LogP contribution in [0.5, 0.6) is 0 Å². The third-order valence-corrected chi connectivity index (χ3v) is 3.84. The Morgan fingerprint density at radius 1 is 1.44 bits per heavy atom. The Kier molecular flexibility index (Phi) is 4.93. The van der Waals surface area contributed by atoms with Crippen molar-refractivity contribution in [2.24, 2.45) is 5.41 Å². The molecular weight excluding hydrogens is 216 g/mol. The fraction of sp³-hybridized carbons (Fsp3) is 0.769. The van der Waals surface area contributed by atoms with Gasteiger partial charge in [0.25, 0.3) is 0 Å². The van der Waals surface area contributed by atoms with Gasteiger partial charge in [0.2, 0.25) is 0 Å². The molecule has 0 radical (unpaired) electrons. The topological polar surface area (TPSA) is 24.9 Å². The SMILES string of the molecule is Cc1ncsc1C(C)NCCCC(C)(C)C. The minimum atomic E-state index is 0.437. The van der Waals surface area contributed by atoms with Crippen LogP contribution in [-0.2, 0) is 0 Å². The molecule has 3 heteroatoms. The van der Waals surface area contributed by atoms with Gasteiger partial charge in [-0.15, -0.1) is 11.3 Å². The molecule has 1 unspecified atom stereocenters. The van der Waals surface area contributed by atoms with Crippen molar-refractivity contribution in [3.05, 3.63) is 16.1 Å². The summed E-state index contributed by atoms with van der Waals surface area (Å²) in [5, 5.41) is 3.57. The summed E-state index contributed by atoms with van der Waals surface area (Å²) in [4.78, 5) is 5.65. The zero-order valence-electron chi connectivity index (χ0n) is 11.1. The van der Waals surface area contributed by atoms with Gasteiger partial charge < -0.3 is 5.32 Å². The molecule has 0 spiro atoms. The maximum Gasteiger partial charge on any atom is 0.0798 e. The number of rotatable bonds is 5. The lowest BCUT2D eigenvalue weighted by molar-refractivity contribution is 0.357. The summed E-state index contributed by atoms with van der Waals surface area (Å²) in [6.45, 7) is 12.3. The molecular formula is C13H24N2S. The number of aryl methyl sites for hydroxylation is 1. The first kappa shape index (κ1) is 13.7. The number of thiazole rings is 1. The van der Waals surface area contributed by atoms with Gasteiger partial charge in [0.1, 0.15) is 0 Å². The predicted octanol–water partition coefficient (Wildman–Crippen LogP) is 3.93. The van der Waals surface area contributed by atoms with Crippen LogP contribution in [0.15, 0.2) is 5.51 Å². The average Bonchev–Trinajstić information content (AvgIpc) is 2.57. The van der Waals surface area contributed by atoms with E-state index in [0.717, 1.165) is 6.54 Å². The van der Waals surface area contributed by atoms with Gasteiger partial charge in [-0.1, -0.05) is 20.8 Å². The van der Waals surface area contributed by atoms with Gasteiger partial charge in [-0.2, -0.15) is 0 Å². The van der Waals surface area contributed by atoms with Crippen LogP contribution in [0.4, 0.5) is 0 Å². The van der Waals surface area contributed by atoms with Crippen LogP contribution in [0, 0.1) is 12.3 Å². The Morgan fingerprint density at radius 2 is 2.12 bits per heavy atom. The van der Waals surface area contributed by atoms with Crippen molar-refractivity contribution >= 4 is 11.3 Å². The summed E-state index contributed by atoms with van der Waals surface area (Å²) in [6.07, 6.45) is 2.51. The fourth-order valence-corrected chi connectivity index (χ4v) is 2.59. The van der Waals surface area contributed by atoms with Crippen molar-refractivity contribution in [2.75, 3.05) is 6.54 Å². The Hall–Kier alpha value is -0.410. The Bertz CT molecular complexity index is 312. The summed E-state index contributed by atoms with van der Waals surface area (Å²) >= 11 is 1.75. The number of hydrogen-bond donors (Lipinski definition) is 1. The molecule has 0 bridgehead atoms. The van der Waals surface area contributed by atoms with Crippen LogP contribution < -0.4 is 5.32 Å². The van der Waals surface area contributed by atoms with E-state index in [9.17, 15) is 0 Å². The highest BCUT2D eigenvalue weighted by Gasteiger charge is 2.12. The van der Waals surface area contributed by atoms with Gasteiger partial charge in [0.05, 0.1) is 11.2 Å². The van der Waals surface area contributed by atoms with Crippen molar-refractivity contribution < 1.29 is 0 Å². The minimum Gasteiger partial charge on any atom is -0.309 e. The third-order valence-electron chi connectivity index (χ3n) is 2.73. The molecule has 92 valence electrons. The van der Waals surface area contributed by atoms with E-state index in [1.807, 2.05) is 5.51 Å². The highest BCUT2D eigenvalue weighted by Crippen LogP contribution is 2.22. The van der Waals surface area contributed by atoms with E-state index in [1.165, 1.54) is 23.4 Å². The zero-order valence-corrected chi connectivity index (χ0v) is 11.9. The van der Waals surface area contributed by atoms with Crippen molar-refractivity contribution in [3.8, 4) is 0 Å². The first-order valence-corrected chi connectivity index (χ1v) is 6.91. The Labute approximate surface area is 103 Å². The standard InChI is InChI=1S/C13H24N2S/c1-10(12-11(2)15-9-16-12)14-8-6-7-13(3,4)5/h9-10,14H,6-8H2,1-5H3. The van der Waals surface area contributed by atoms with Gasteiger partial charge >= 0.3 is 0 Å². The van der Waals surface area contributed by atoms with E-state index in [4.69, 9.17) is 0 Å². The van der Waals surface area contributed by atoms with E-state index >= 15 is 0 Å². The van der Waals surface area contributed by atoms with Crippen molar-refractivity contribution in [3.63, 3.8) is 0 Å². The molecule has 0 saturated carbocycles. The molecule has 1 aromatic rings. The molecule has 0 aliphatic carbocycles. The van der Waals surface area contributed by atoms with E-state index in [1.54, 1.807) is 11.3 Å². The predicted molar refractivity (Wildman–Crippen MR) is 72.0 cm³/mol. The Balaban J connectivity index is 2.26. The quantitative estimate of drug-likeness (QED) is 0.789.